The van der Waals surface area contributed by atoms with Gasteiger partial charge in [-0.1, -0.05) is 0 Å². The van der Waals surface area contributed by atoms with Gasteiger partial charge in [-0.2, -0.15) is 0 Å². The number of amides is 1. The molecule has 1 N–H and O–H groups in total. The van der Waals surface area contributed by atoms with E-state index in [9.17, 15) is 4.79 Å². The van der Waals surface area contributed by atoms with E-state index in [4.69, 9.17) is 4.74 Å². The van der Waals surface area contributed by atoms with Crippen molar-refractivity contribution in [1.82, 2.24) is 9.88 Å². The average Bonchev–Trinajstić information content (AvgIpc) is 2.43. The molecule has 0 aliphatic rings. The van der Waals surface area contributed by atoms with E-state index in [1.54, 1.807) is 6.92 Å². The van der Waals surface area contributed by atoms with E-state index >= 15 is 0 Å². The number of ether oxygens (including phenoxy) is 1. The molecule has 1 amide bonds. The number of rotatable bonds is 3. The van der Waals surface area contributed by atoms with Gasteiger partial charge in [-0.05, 0) is 32.4 Å². The second-order valence-corrected chi connectivity index (χ2v) is 3.53. The van der Waals surface area contributed by atoms with Gasteiger partial charge in [-0.15, -0.1) is 0 Å². The van der Waals surface area contributed by atoms with Crippen LogP contribution in [0.3, 0.4) is 0 Å². The number of carbonyl (C=O) groups excluding carboxylic acids is 1. The number of aryl methyl sites for hydroxylation is 1. The van der Waals surface area contributed by atoms with E-state index in [1.807, 2.05) is 20.9 Å². The molecule has 4 nitrogen and oxygen atoms in total. The second kappa shape index (κ2) is 4.87. The predicted molar refractivity (Wildman–Crippen MR) is 58.7 cm³/mol. The lowest BCUT2D eigenvalue weighted by atomic mass is 10.2. The van der Waals surface area contributed by atoms with Crippen LogP contribution in [0.4, 0.5) is 4.79 Å². The van der Waals surface area contributed by atoms with Crippen LogP contribution in [-0.4, -0.2) is 17.3 Å². The van der Waals surface area contributed by atoms with Crippen LogP contribution in [0.1, 0.15) is 23.9 Å². The van der Waals surface area contributed by atoms with Gasteiger partial charge in [0.15, 0.2) is 0 Å². The first kappa shape index (κ1) is 11.6. The van der Waals surface area contributed by atoms with Gasteiger partial charge < -0.3 is 14.6 Å². The third-order valence-corrected chi connectivity index (χ3v) is 2.58. The average molecular weight is 210 g/mol. The lowest BCUT2D eigenvalue weighted by Crippen LogP contribution is -2.23. The Hall–Kier alpha value is -1.45. The molecule has 0 atom stereocenters. The summed E-state index contributed by atoms with van der Waals surface area (Å²) in [4.78, 5) is 11.1. The minimum atomic E-state index is -0.363. The molecule has 0 aliphatic heterocycles. The first-order chi connectivity index (χ1) is 7.06. The van der Waals surface area contributed by atoms with Gasteiger partial charge in [0.05, 0.1) is 6.61 Å². The van der Waals surface area contributed by atoms with E-state index < -0.39 is 0 Å². The summed E-state index contributed by atoms with van der Waals surface area (Å²) in [7, 11) is 2.01. The van der Waals surface area contributed by atoms with E-state index in [1.165, 1.54) is 11.4 Å². The molecule has 1 rings (SSSR count). The zero-order valence-electron chi connectivity index (χ0n) is 9.76. The fourth-order valence-electron chi connectivity index (χ4n) is 1.46. The molecule has 1 heterocycles. The molecule has 84 valence electrons. The first-order valence-corrected chi connectivity index (χ1v) is 5.08. The van der Waals surface area contributed by atoms with Crippen LogP contribution in [0.2, 0.25) is 0 Å². The van der Waals surface area contributed by atoms with Crippen LogP contribution in [-0.2, 0) is 18.3 Å². The molecule has 15 heavy (non-hydrogen) atoms. The maximum atomic E-state index is 11.1. The summed E-state index contributed by atoms with van der Waals surface area (Å²) >= 11 is 0. The maximum absolute atomic E-state index is 11.1. The van der Waals surface area contributed by atoms with Crippen molar-refractivity contribution in [1.29, 1.82) is 0 Å². The highest BCUT2D eigenvalue weighted by Crippen LogP contribution is 2.12. The molecule has 1 aromatic rings. The Morgan fingerprint density at radius 2 is 2.20 bits per heavy atom. The van der Waals surface area contributed by atoms with E-state index in [-0.39, 0.29) is 6.09 Å². The quantitative estimate of drug-likeness (QED) is 0.827. The molecule has 0 aliphatic carbocycles. The Morgan fingerprint density at radius 1 is 1.53 bits per heavy atom. The smallest absolute Gasteiger partial charge is 0.407 e. The van der Waals surface area contributed by atoms with Crippen molar-refractivity contribution in [2.75, 3.05) is 6.61 Å². The number of alkyl carbamates (subject to hydrolysis) is 1. The zero-order valence-corrected chi connectivity index (χ0v) is 9.76. The van der Waals surface area contributed by atoms with Crippen molar-refractivity contribution in [3.8, 4) is 0 Å². The molecule has 0 saturated carbocycles. The Morgan fingerprint density at radius 3 is 2.67 bits per heavy atom. The second-order valence-electron chi connectivity index (χ2n) is 3.53. The molecule has 0 aromatic carbocycles. The van der Waals surface area contributed by atoms with Crippen molar-refractivity contribution in [2.45, 2.75) is 27.3 Å². The molecular weight excluding hydrogens is 192 g/mol. The molecule has 0 spiro atoms. The van der Waals surface area contributed by atoms with E-state index in [0.717, 1.165) is 5.56 Å². The minimum absolute atomic E-state index is 0.363. The standard InChI is InChI=1S/C11H18N2O2/c1-5-15-11(14)12-7-10-6-8(2)13(4)9(10)3/h6H,5,7H2,1-4H3,(H,12,14). The van der Waals surface area contributed by atoms with Gasteiger partial charge >= 0.3 is 6.09 Å². The topological polar surface area (TPSA) is 43.3 Å². The van der Waals surface area contributed by atoms with Crippen molar-refractivity contribution in [3.63, 3.8) is 0 Å². The summed E-state index contributed by atoms with van der Waals surface area (Å²) in [6, 6.07) is 2.07. The van der Waals surface area contributed by atoms with Crippen molar-refractivity contribution in [3.05, 3.63) is 23.0 Å². The number of nitrogens with zero attached hydrogens (tertiary/aromatic N) is 1. The predicted octanol–water partition coefficient (Wildman–Crippen LogP) is 1.89. The molecule has 0 unspecified atom stereocenters. The summed E-state index contributed by atoms with van der Waals surface area (Å²) < 4.78 is 6.88. The summed E-state index contributed by atoms with van der Waals surface area (Å²) in [6.45, 7) is 6.79. The summed E-state index contributed by atoms with van der Waals surface area (Å²) in [5, 5.41) is 2.71. The van der Waals surface area contributed by atoms with E-state index in [2.05, 4.69) is 16.0 Å². The Kier molecular flexibility index (Phi) is 3.77. The lowest BCUT2D eigenvalue weighted by molar-refractivity contribution is 0.151. The van der Waals surface area contributed by atoms with Gasteiger partial charge in [0.25, 0.3) is 0 Å². The van der Waals surface area contributed by atoms with Gasteiger partial charge in [0.1, 0.15) is 0 Å². The Labute approximate surface area is 90.2 Å². The highest BCUT2D eigenvalue weighted by molar-refractivity contribution is 5.67. The largest absolute Gasteiger partial charge is 0.450 e. The van der Waals surface area contributed by atoms with Crippen LogP contribution in [0.5, 0.6) is 0 Å². The monoisotopic (exact) mass is 210 g/mol. The SMILES string of the molecule is CCOC(=O)NCc1cc(C)n(C)c1C. The fourth-order valence-corrected chi connectivity index (χ4v) is 1.46. The fraction of sp³-hybridized carbons (Fsp3) is 0.545. The van der Waals surface area contributed by atoms with Gasteiger partial charge in [0.2, 0.25) is 0 Å². The molecule has 0 fully saturated rings. The zero-order chi connectivity index (χ0) is 11.4. The third kappa shape index (κ3) is 2.75. The molecule has 4 heteroatoms. The number of nitrogens with one attached hydrogen (secondary N) is 1. The van der Waals surface area contributed by atoms with Crippen LogP contribution >= 0.6 is 0 Å². The first-order valence-electron chi connectivity index (χ1n) is 5.08. The lowest BCUT2D eigenvalue weighted by Gasteiger charge is -2.05. The summed E-state index contributed by atoms with van der Waals surface area (Å²) in [5.41, 5.74) is 3.49. The highest BCUT2D eigenvalue weighted by Gasteiger charge is 2.07. The van der Waals surface area contributed by atoms with Crippen LogP contribution < -0.4 is 5.32 Å². The number of carbonyl (C=O) groups is 1. The number of hydrogen-bond donors (Lipinski definition) is 1. The molecular formula is C11H18N2O2. The molecule has 0 radical (unpaired) electrons. The molecule has 0 saturated heterocycles. The van der Waals surface area contributed by atoms with Crippen LogP contribution in [0, 0.1) is 13.8 Å². The van der Waals surface area contributed by atoms with Crippen molar-refractivity contribution < 1.29 is 9.53 Å². The Balaban J connectivity index is 2.58. The van der Waals surface area contributed by atoms with Crippen LogP contribution in [0.15, 0.2) is 6.07 Å². The molecule has 1 aromatic heterocycles. The third-order valence-electron chi connectivity index (χ3n) is 2.58. The highest BCUT2D eigenvalue weighted by atomic mass is 16.5. The Bertz CT molecular complexity index is 356. The summed E-state index contributed by atoms with van der Waals surface area (Å²) in [6.07, 6.45) is -0.363. The number of aromatic nitrogens is 1. The van der Waals surface area contributed by atoms with E-state index in [0.29, 0.717) is 13.2 Å². The summed E-state index contributed by atoms with van der Waals surface area (Å²) in [5.74, 6) is 0. The van der Waals surface area contributed by atoms with Crippen LogP contribution in [0.25, 0.3) is 0 Å². The molecule has 0 bridgehead atoms. The van der Waals surface area contributed by atoms with Gasteiger partial charge in [-0.25, -0.2) is 4.79 Å². The van der Waals surface area contributed by atoms with Gasteiger partial charge in [0, 0.05) is 25.0 Å². The normalized spacial score (nSPS) is 10.1. The van der Waals surface area contributed by atoms with Crippen molar-refractivity contribution in [2.24, 2.45) is 7.05 Å². The minimum Gasteiger partial charge on any atom is -0.450 e. The number of hydrogen-bond acceptors (Lipinski definition) is 2. The van der Waals surface area contributed by atoms with Gasteiger partial charge in [-0.3, -0.25) is 0 Å². The maximum Gasteiger partial charge on any atom is 0.407 e. The van der Waals surface area contributed by atoms with Crippen molar-refractivity contribution >= 4 is 6.09 Å².